The summed E-state index contributed by atoms with van der Waals surface area (Å²) in [6.07, 6.45) is 3.32. The summed E-state index contributed by atoms with van der Waals surface area (Å²) in [6, 6.07) is 12.5. The summed E-state index contributed by atoms with van der Waals surface area (Å²) in [5.74, 6) is -0.581. The molecule has 0 atom stereocenters. The van der Waals surface area contributed by atoms with E-state index in [1.807, 2.05) is 45.3 Å². The van der Waals surface area contributed by atoms with Crippen molar-refractivity contribution < 1.29 is 9.18 Å². The Balaban J connectivity index is 2.17. The van der Waals surface area contributed by atoms with E-state index in [2.05, 4.69) is 11.9 Å². The molecule has 0 spiro atoms. The Kier molecular flexibility index (Phi) is 6.39. The molecule has 0 radical (unpaired) electrons. The molecule has 6 heteroatoms. The zero-order valence-electron chi connectivity index (χ0n) is 18.2. The van der Waals surface area contributed by atoms with Crippen molar-refractivity contribution in [3.8, 4) is 11.1 Å². The molecule has 0 saturated heterocycles. The second-order valence-corrected chi connectivity index (χ2v) is 7.76. The van der Waals surface area contributed by atoms with Crippen molar-refractivity contribution in [2.75, 3.05) is 24.3 Å². The highest BCUT2D eigenvalue weighted by Crippen LogP contribution is 2.30. The summed E-state index contributed by atoms with van der Waals surface area (Å²) in [5.41, 5.74) is 4.92. The van der Waals surface area contributed by atoms with Crippen LogP contribution in [0.15, 0.2) is 66.1 Å². The predicted molar refractivity (Wildman–Crippen MR) is 124 cm³/mol. The maximum atomic E-state index is 14.5. The van der Waals surface area contributed by atoms with Gasteiger partial charge in [-0.2, -0.15) is 0 Å². The molecule has 2 aromatic carbocycles. The molecule has 0 fully saturated rings. The number of carbonyl (C=O) groups is 1. The molecule has 0 aliphatic heterocycles. The summed E-state index contributed by atoms with van der Waals surface area (Å²) in [6.45, 7) is 5.33. The number of hydrogen-bond donors (Lipinski definition) is 1. The van der Waals surface area contributed by atoms with E-state index in [0.29, 0.717) is 23.4 Å². The first-order chi connectivity index (χ1) is 14.7. The van der Waals surface area contributed by atoms with Crippen molar-refractivity contribution in [2.45, 2.75) is 13.3 Å². The number of benzene rings is 2. The molecule has 3 rings (SSSR count). The Hall–Kier alpha value is -3.67. The zero-order chi connectivity index (χ0) is 22.7. The van der Waals surface area contributed by atoms with E-state index in [0.717, 1.165) is 22.3 Å². The standard InChI is InChI=1S/C25H26FN3O2/c1-6-24(30)27-20-10-9-17(12-18-8-7-16(2)11-22(18)26)21(14-20)19-13-23(28(3)4)25(31)29(5)15-19/h6-11,13-15H,1,12H2,2-5H3,(H,27,30). The van der Waals surface area contributed by atoms with Crippen LogP contribution in [0.1, 0.15) is 16.7 Å². The third-order valence-corrected chi connectivity index (χ3v) is 5.11. The third kappa shape index (κ3) is 4.91. The number of aryl methyl sites for hydroxylation is 2. The fourth-order valence-corrected chi connectivity index (χ4v) is 3.43. The first kappa shape index (κ1) is 22.0. The molecule has 0 unspecified atom stereocenters. The Bertz CT molecular complexity index is 1210. The third-order valence-electron chi connectivity index (χ3n) is 5.11. The van der Waals surface area contributed by atoms with Crippen LogP contribution in [0.5, 0.6) is 0 Å². The fourth-order valence-electron chi connectivity index (χ4n) is 3.43. The van der Waals surface area contributed by atoms with Gasteiger partial charge in [-0.15, -0.1) is 0 Å². The average Bonchev–Trinajstić information content (AvgIpc) is 2.72. The lowest BCUT2D eigenvalue weighted by atomic mass is 9.94. The maximum Gasteiger partial charge on any atom is 0.273 e. The normalized spacial score (nSPS) is 10.6. The molecule has 0 saturated carbocycles. The second-order valence-electron chi connectivity index (χ2n) is 7.76. The number of halogens is 1. The Morgan fingerprint density at radius 1 is 1.16 bits per heavy atom. The van der Waals surface area contributed by atoms with Crippen LogP contribution in [0.3, 0.4) is 0 Å². The minimum Gasteiger partial charge on any atom is -0.373 e. The Morgan fingerprint density at radius 2 is 1.87 bits per heavy atom. The Morgan fingerprint density at radius 3 is 2.52 bits per heavy atom. The van der Waals surface area contributed by atoms with Crippen molar-refractivity contribution in [2.24, 2.45) is 7.05 Å². The molecule has 5 nitrogen and oxygen atoms in total. The van der Waals surface area contributed by atoms with Gasteiger partial charge in [0.25, 0.3) is 5.56 Å². The summed E-state index contributed by atoms with van der Waals surface area (Å²) in [5, 5.41) is 2.77. The smallest absolute Gasteiger partial charge is 0.273 e. The molecular formula is C25H26FN3O2. The monoisotopic (exact) mass is 419 g/mol. The van der Waals surface area contributed by atoms with Crippen LogP contribution in [0.2, 0.25) is 0 Å². The van der Waals surface area contributed by atoms with E-state index in [-0.39, 0.29) is 17.3 Å². The summed E-state index contributed by atoms with van der Waals surface area (Å²) >= 11 is 0. The van der Waals surface area contributed by atoms with Crippen molar-refractivity contribution >= 4 is 17.3 Å². The number of carbonyl (C=O) groups excluding carboxylic acids is 1. The molecular weight excluding hydrogens is 393 g/mol. The number of hydrogen-bond acceptors (Lipinski definition) is 3. The van der Waals surface area contributed by atoms with E-state index < -0.39 is 0 Å². The first-order valence-electron chi connectivity index (χ1n) is 9.89. The minimum absolute atomic E-state index is 0.115. The van der Waals surface area contributed by atoms with Gasteiger partial charge in [-0.1, -0.05) is 24.8 Å². The molecule has 31 heavy (non-hydrogen) atoms. The number of anilines is 2. The zero-order valence-corrected chi connectivity index (χ0v) is 18.2. The second kappa shape index (κ2) is 9.00. The van der Waals surface area contributed by atoms with E-state index >= 15 is 0 Å². The van der Waals surface area contributed by atoms with Crippen molar-refractivity contribution in [3.05, 3.63) is 94.2 Å². The number of nitrogens with zero attached hydrogens (tertiary/aromatic N) is 2. The first-order valence-corrected chi connectivity index (χ1v) is 9.89. The SMILES string of the molecule is C=CC(=O)Nc1ccc(Cc2ccc(C)cc2F)c(-c2cc(N(C)C)c(=O)n(C)c2)c1. The molecule has 3 aromatic rings. The maximum absolute atomic E-state index is 14.5. The van der Waals surface area contributed by atoms with Gasteiger partial charge in [-0.3, -0.25) is 9.59 Å². The van der Waals surface area contributed by atoms with Crippen LogP contribution in [0, 0.1) is 12.7 Å². The van der Waals surface area contributed by atoms with E-state index in [4.69, 9.17) is 0 Å². The predicted octanol–water partition coefficient (Wildman–Crippen LogP) is 4.28. The van der Waals surface area contributed by atoms with Gasteiger partial charge >= 0.3 is 0 Å². The topological polar surface area (TPSA) is 54.3 Å². The van der Waals surface area contributed by atoms with Crippen molar-refractivity contribution in [1.29, 1.82) is 0 Å². The minimum atomic E-state index is -0.322. The molecule has 0 aliphatic carbocycles. The average molecular weight is 420 g/mol. The highest BCUT2D eigenvalue weighted by atomic mass is 19.1. The van der Waals surface area contributed by atoms with Gasteiger partial charge in [0, 0.05) is 45.0 Å². The van der Waals surface area contributed by atoms with Crippen molar-refractivity contribution in [1.82, 2.24) is 4.57 Å². The quantitative estimate of drug-likeness (QED) is 0.607. The van der Waals surface area contributed by atoms with Crippen LogP contribution in [-0.4, -0.2) is 24.6 Å². The van der Waals surface area contributed by atoms with E-state index in [1.165, 1.54) is 16.7 Å². The lowest BCUT2D eigenvalue weighted by molar-refractivity contribution is -0.111. The summed E-state index contributed by atoms with van der Waals surface area (Å²) in [4.78, 5) is 26.1. The van der Waals surface area contributed by atoms with Gasteiger partial charge in [-0.25, -0.2) is 4.39 Å². The number of amides is 1. The summed E-state index contributed by atoms with van der Waals surface area (Å²) < 4.78 is 16.1. The van der Waals surface area contributed by atoms with Crippen LogP contribution < -0.4 is 15.8 Å². The highest BCUT2D eigenvalue weighted by Gasteiger charge is 2.14. The van der Waals surface area contributed by atoms with E-state index in [1.54, 1.807) is 30.3 Å². The molecule has 1 aromatic heterocycles. The molecule has 0 aliphatic rings. The molecule has 1 heterocycles. The number of pyridine rings is 1. The van der Waals surface area contributed by atoms with Crippen molar-refractivity contribution in [3.63, 3.8) is 0 Å². The number of rotatable bonds is 6. The van der Waals surface area contributed by atoms with Gasteiger partial charge in [-0.05, 0) is 59.5 Å². The van der Waals surface area contributed by atoms with Gasteiger partial charge in [0.05, 0.1) is 0 Å². The lowest BCUT2D eigenvalue weighted by Gasteiger charge is -2.18. The molecule has 1 N–H and O–H groups in total. The van der Waals surface area contributed by atoms with Crippen LogP contribution in [0.4, 0.5) is 15.8 Å². The van der Waals surface area contributed by atoms with Crippen LogP contribution in [0.25, 0.3) is 11.1 Å². The number of nitrogens with one attached hydrogen (secondary N) is 1. The largest absolute Gasteiger partial charge is 0.373 e. The van der Waals surface area contributed by atoms with Crippen LogP contribution >= 0.6 is 0 Å². The Labute approximate surface area is 181 Å². The van der Waals surface area contributed by atoms with Gasteiger partial charge in [0.1, 0.15) is 11.5 Å². The summed E-state index contributed by atoms with van der Waals surface area (Å²) in [7, 11) is 5.31. The van der Waals surface area contributed by atoms with Gasteiger partial charge in [0.15, 0.2) is 0 Å². The molecule has 0 bridgehead atoms. The fraction of sp³-hybridized carbons (Fsp3) is 0.200. The van der Waals surface area contributed by atoms with Gasteiger partial charge < -0.3 is 14.8 Å². The molecule has 1 amide bonds. The molecule has 160 valence electrons. The number of aromatic nitrogens is 1. The van der Waals surface area contributed by atoms with Crippen LogP contribution in [-0.2, 0) is 18.3 Å². The highest BCUT2D eigenvalue weighted by molar-refractivity contribution is 5.99. The van der Waals surface area contributed by atoms with E-state index in [9.17, 15) is 14.0 Å². The van der Waals surface area contributed by atoms with Gasteiger partial charge in [0.2, 0.25) is 5.91 Å². The lowest BCUT2D eigenvalue weighted by Crippen LogP contribution is -2.25.